The van der Waals surface area contributed by atoms with Gasteiger partial charge in [-0.2, -0.15) is 0 Å². The van der Waals surface area contributed by atoms with E-state index in [-0.39, 0.29) is 18.4 Å². The van der Waals surface area contributed by atoms with Crippen molar-refractivity contribution in [2.45, 2.75) is 26.3 Å². The lowest BCUT2D eigenvalue weighted by Crippen LogP contribution is -2.36. The second-order valence-corrected chi connectivity index (χ2v) is 8.09. The average molecular weight is 422 g/mol. The molecule has 154 valence electrons. The molecule has 3 N–H and O–H groups in total. The van der Waals surface area contributed by atoms with Crippen LogP contribution in [0.25, 0.3) is 21.5 Å². The maximum absolute atomic E-state index is 12.4. The monoisotopic (exact) mass is 421 g/mol. The molecule has 4 aromatic rings. The SMILES string of the molecule is Cc1ccc2[nH]c(-c3cccs3)c(CCC(=O)NCC(=O)NCc3ccco3)c2c1. The van der Waals surface area contributed by atoms with Crippen LogP contribution in [0, 0.1) is 6.92 Å². The molecule has 3 heterocycles. The van der Waals surface area contributed by atoms with Gasteiger partial charge in [-0.1, -0.05) is 17.7 Å². The highest BCUT2D eigenvalue weighted by Gasteiger charge is 2.16. The molecule has 0 aliphatic rings. The molecule has 6 nitrogen and oxygen atoms in total. The summed E-state index contributed by atoms with van der Waals surface area (Å²) >= 11 is 1.67. The summed E-state index contributed by atoms with van der Waals surface area (Å²) in [4.78, 5) is 28.9. The minimum atomic E-state index is -0.248. The predicted molar refractivity (Wildman–Crippen MR) is 118 cm³/mol. The number of rotatable bonds is 8. The van der Waals surface area contributed by atoms with Crippen LogP contribution >= 0.6 is 11.3 Å². The van der Waals surface area contributed by atoms with Crippen LogP contribution in [-0.4, -0.2) is 23.3 Å². The molecular formula is C23H23N3O3S. The van der Waals surface area contributed by atoms with Crippen molar-refractivity contribution in [3.8, 4) is 10.6 Å². The summed E-state index contributed by atoms with van der Waals surface area (Å²) in [6.07, 6.45) is 2.46. The van der Waals surface area contributed by atoms with Gasteiger partial charge in [0.1, 0.15) is 5.76 Å². The molecule has 0 atom stereocenters. The number of fused-ring (bicyclic) bond motifs is 1. The third-order valence-electron chi connectivity index (χ3n) is 4.92. The van der Waals surface area contributed by atoms with Gasteiger partial charge >= 0.3 is 0 Å². The fraction of sp³-hybridized carbons (Fsp3) is 0.217. The summed E-state index contributed by atoms with van der Waals surface area (Å²) in [5.41, 5.74) is 4.44. The van der Waals surface area contributed by atoms with Crippen LogP contribution in [0.15, 0.2) is 58.5 Å². The number of nitrogens with one attached hydrogen (secondary N) is 3. The third-order valence-corrected chi connectivity index (χ3v) is 5.80. The van der Waals surface area contributed by atoms with E-state index in [2.05, 4.69) is 46.8 Å². The molecule has 7 heteroatoms. The Balaban J connectivity index is 1.38. The van der Waals surface area contributed by atoms with E-state index < -0.39 is 0 Å². The molecule has 30 heavy (non-hydrogen) atoms. The fourth-order valence-corrected chi connectivity index (χ4v) is 4.17. The van der Waals surface area contributed by atoms with E-state index in [1.807, 2.05) is 11.4 Å². The van der Waals surface area contributed by atoms with Crippen LogP contribution in [0.1, 0.15) is 23.3 Å². The van der Waals surface area contributed by atoms with Crippen molar-refractivity contribution >= 4 is 34.1 Å². The molecule has 1 aromatic carbocycles. The number of thiophene rings is 1. The zero-order chi connectivity index (χ0) is 20.9. The Morgan fingerprint density at radius 2 is 2.00 bits per heavy atom. The van der Waals surface area contributed by atoms with Gasteiger partial charge in [0.25, 0.3) is 0 Å². The number of aryl methyl sites for hydroxylation is 2. The van der Waals surface area contributed by atoms with Gasteiger partial charge in [0.05, 0.1) is 29.9 Å². The number of amides is 2. The van der Waals surface area contributed by atoms with E-state index in [0.717, 1.165) is 27.0 Å². The first-order valence-electron chi connectivity index (χ1n) is 9.81. The summed E-state index contributed by atoms with van der Waals surface area (Å²) in [6.45, 7) is 2.32. The van der Waals surface area contributed by atoms with Crippen LogP contribution in [0.2, 0.25) is 0 Å². The Bertz CT molecular complexity index is 1140. The number of benzene rings is 1. The van der Waals surface area contributed by atoms with Gasteiger partial charge in [0, 0.05) is 17.3 Å². The Hall–Kier alpha value is -3.32. The average Bonchev–Trinajstić information content (AvgIpc) is 3.50. The molecule has 0 aliphatic heterocycles. The van der Waals surface area contributed by atoms with Crippen molar-refractivity contribution in [1.82, 2.24) is 15.6 Å². The standard InChI is InChI=1S/C23H23N3O3S/c1-15-6-8-19-18(12-15)17(23(26-19)20-5-3-11-30-20)7-9-21(27)25-14-22(28)24-13-16-4-2-10-29-16/h2-6,8,10-12,26H,7,9,13-14H2,1H3,(H,24,28)(H,25,27). The van der Waals surface area contributed by atoms with Gasteiger partial charge in [-0.05, 0) is 54.6 Å². The second kappa shape index (κ2) is 9.00. The van der Waals surface area contributed by atoms with Crippen molar-refractivity contribution in [1.29, 1.82) is 0 Å². The van der Waals surface area contributed by atoms with Crippen LogP contribution in [0.4, 0.5) is 0 Å². The summed E-state index contributed by atoms with van der Waals surface area (Å²) in [5, 5.41) is 8.60. The molecular weight excluding hydrogens is 398 g/mol. The lowest BCUT2D eigenvalue weighted by molar-refractivity contribution is -0.126. The molecule has 0 unspecified atom stereocenters. The van der Waals surface area contributed by atoms with Crippen molar-refractivity contribution in [3.05, 3.63) is 71.0 Å². The highest BCUT2D eigenvalue weighted by atomic mass is 32.1. The van der Waals surface area contributed by atoms with Gasteiger partial charge in [0.2, 0.25) is 11.8 Å². The maximum Gasteiger partial charge on any atom is 0.239 e. The van der Waals surface area contributed by atoms with Gasteiger partial charge in [0.15, 0.2) is 0 Å². The minimum Gasteiger partial charge on any atom is -0.467 e. The topological polar surface area (TPSA) is 87.1 Å². The second-order valence-electron chi connectivity index (χ2n) is 7.14. The van der Waals surface area contributed by atoms with Crippen LogP contribution in [0.3, 0.4) is 0 Å². The normalized spacial score (nSPS) is 11.0. The van der Waals surface area contributed by atoms with Gasteiger partial charge < -0.3 is 20.0 Å². The summed E-state index contributed by atoms with van der Waals surface area (Å²) < 4.78 is 5.17. The molecule has 2 amide bonds. The quantitative estimate of drug-likeness (QED) is 0.399. The number of carbonyl (C=O) groups excluding carboxylic acids is 2. The molecule has 0 saturated heterocycles. The molecule has 0 saturated carbocycles. The largest absolute Gasteiger partial charge is 0.467 e. The van der Waals surface area contributed by atoms with Crippen molar-refractivity contribution in [3.63, 3.8) is 0 Å². The van der Waals surface area contributed by atoms with Crippen molar-refractivity contribution < 1.29 is 14.0 Å². The van der Waals surface area contributed by atoms with Gasteiger partial charge in [-0.3, -0.25) is 9.59 Å². The lowest BCUT2D eigenvalue weighted by Gasteiger charge is -2.07. The Kier molecular flexibility index (Phi) is 5.99. The zero-order valence-electron chi connectivity index (χ0n) is 16.7. The number of furan rings is 1. The molecule has 4 rings (SSSR count). The smallest absolute Gasteiger partial charge is 0.239 e. The Morgan fingerprint density at radius 1 is 1.10 bits per heavy atom. The fourth-order valence-electron chi connectivity index (χ4n) is 3.42. The van der Waals surface area contributed by atoms with E-state index in [4.69, 9.17) is 4.42 Å². The summed E-state index contributed by atoms with van der Waals surface area (Å²) in [5.74, 6) is 0.273. The lowest BCUT2D eigenvalue weighted by atomic mass is 10.0. The highest BCUT2D eigenvalue weighted by Crippen LogP contribution is 2.34. The van der Waals surface area contributed by atoms with E-state index in [1.54, 1.807) is 29.7 Å². The number of aromatic nitrogens is 1. The van der Waals surface area contributed by atoms with Gasteiger partial charge in [-0.25, -0.2) is 0 Å². The molecule has 0 bridgehead atoms. The van der Waals surface area contributed by atoms with Crippen molar-refractivity contribution in [2.75, 3.05) is 6.54 Å². The van der Waals surface area contributed by atoms with Crippen molar-refractivity contribution in [2.24, 2.45) is 0 Å². The summed E-state index contributed by atoms with van der Waals surface area (Å²) in [7, 11) is 0. The van der Waals surface area contributed by atoms with Crippen LogP contribution in [0.5, 0.6) is 0 Å². The first-order chi connectivity index (χ1) is 14.6. The van der Waals surface area contributed by atoms with E-state index >= 15 is 0 Å². The minimum absolute atomic E-state index is 0.0513. The van der Waals surface area contributed by atoms with E-state index in [0.29, 0.717) is 25.1 Å². The Morgan fingerprint density at radius 3 is 2.77 bits per heavy atom. The van der Waals surface area contributed by atoms with E-state index in [9.17, 15) is 9.59 Å². The predicted octanol–water partition coefficient (Wildman–Crippen LogP) is 4.16. The van der Waals surface area contributed by atoms with Crippen LogP contribution in [-0.2, 0) is 22.6 Å². The zero-order valence-corrected chi connectivity index (χ0v) is 17.5. The first-order valence-corrected chi connectivity index (χ1v) is 10.7. The van der Waals surface area contributed by atoms with Crippen LogP contribution < -0.4 is 10.6 Å². The first kappa shape index (κ1) is 20.0. The number of aromatic amines is 1. The molecule has 0 spiro atoms. The molecule has 0 aliphatic carbocycles. The number of hydrogen-bond acceptors (Lipinski definition) is 4. The molecule has 3 aromatic heterocycles. The molecule has 0 fully saturated rings. The third kappa shape index (κ3) is 4.63. The number of hydrogen-bond donors (Lipinski definition) is 3. The number of carbonyl (C=O) groups is 2. The van der Waals surface area contributed by atoms with E-state index in [1.165, 1.54) is 5.56 Å². The summed E-state index contributed by atoms with van der Waals surface area (Å²) in [6, 6.07) is 14.0. The van der Waals surface area contributed by atoms with Gasteiger partial charge in [-0.15, -0.1) is 11.3 Å². The maximum atomic E-state index is 12.4. The molecule has 0 radical (unpaired) electrons. The number of H-pyrrole nitrogens is 1. The highest BCUT2D eigenvalue weighted by molar-refractivity contribution is 7.13. The Labute approximate surface area is 178 Å².